The number of pyridine rings is 1. The Hall–Kier alpha value is -4.14. The second-order valence-corrected chi connectivity index (χ2v) is 8.64. The van der Waals surface area contributed by atoms with Gasteiger partial charge in [0.15, 0.2) is 0 Å². The lowest BCUT2D eigenvalue weighted by atomic mass is 10.1. The van der Waals surface area contributed by atoms with E-state index in [-0.39, 0.29) is 5.91 Å². The molecule has 184 valence electrons. The first kappa shape index (κ1) is 23.6. The predicted molar refractivity (Wildman–Crippen MR) is 131 cm³/mol. The zero-order valence-corrected chi connectivity index (χ0v) is 19.4. The summed E-state index contributed by atoms with van der Waals surface area (Å²) in [6.45, 7) is 2.18. The third-order valence-corrected chi connectivity index (χ3v) is 6.22. The number of carbonyl (C=O) groups excluding carboxylic acids is 1. The SMILES string of the molecule is O=C(c1cn(Cc2ccccc2)nc1-c1cccnc1)N1CCN(c2cccc(C(F)(F)F)c2)CC1. The van der Waals surface area contributed by atoms with Crippen LogP contribution in [0.3, 0.4) is 0 Å². The van der Waals surface area contributed by atoms with Crippen molar-refractivity contribution < 1.29 is 18.0 Å². The lowest BCUT2D eigenvalue weighted by molar-refractivity contribution is -0.137. The number of benzene rings is 2. The van der Waals surface area contributed by atoms with Crippen molar-refractivity contribution in [3.8, 4) is 11.3 Å². The van der Waals surface area contributed by atoms with Gasteiger partial charge in [0.25, 0.3) is 5.91 Å². The number of rotatable bonds is 5. The van der Waals surface area contributed by atoms with Crippen LogP contribution in [0.2, 0.25) is 0 Å². The average molecular weight is 492 g/mol. The van der Waals surface area contributed by atoms with Crippen LogP contribution in [-0.2, 0) is 12.7 Å². The smallest absolute Gasteiger partial charge is 0.368 e. The molecule has 1 amide bonds. The van der Waals surface area contributed by atoms with Gasteiger partial charge in [0.1, 0.15) is 5.69 Å². The summed E-state index contributed by atoms with van der Waals surface area (Å²) >= 11 is 0. The van der Waals surface area contributed by atoms with Crippen molar-refractivity contribution in [1.29, 1.82) is 0 Å². The molecule has 4 aromatic rings. The molecule has 2 aromatic heterocycles. The van der Waals surface area contributed by atoms with Crippen molar-refractivity contribution in [3.05, 3.63) is 102 Å². The van der Waals surface area contributed by atoms with Gasteiger partial charge in [-0.05, 0) is 35.9 Å². The van der Waals surface area contributed by atoms with E-state index in [2.05, 4.69) is 4.98 Å². The van der Waals surface area contributed by atoms with Gasteiger partial charge in [-0.25, -0.2) is 0 Å². The highest BCUT2D eigenvalue weighted by molar-refractivity contribution is 5.99. The highest BCUT2D eigenvalue weighted by Gasteiger charge is 2.32. The average Bonchev–Trinajstić information content (AvgIpc) is 3.33. The Morgan fingerprint density at radius 2 is 1.69 bits per heavy atom. The normalized spacial score (nSPS) is 14.2. The molecule has 5 rings (SSSR count). The van der Waals surface area contributed by atoms with Crippen LogP contribution in [0.5, 0.6) is 0 Å². The van der Waals surface area contributed by atoms with Gasteiger partial charge in [-0.3, -0.25) is 14.5 Å². The van der Waals surface area contributed by atoms with Crippen LogP contribution in [0.15, 0.2) is 85.3 Å². The van der Waals surface area contributed by atoms with Crippen molar-refractivity contribution in [2.45, 2.75) is 12.7 Å². The number of anilines is 1. The topological polar surface area (TPSA) is 54.3 Å². The summed E-state index contributed by atoms with van der Waals surface area (Å²) in [5.74, 6) is -0.156. The number of piperazine rings is 1. The molecule has 0 bridgehead atoms. The van der Waals surface area contributed by atoms with Crippen LogP contribution in [0.25, 0.3) is 11.3 Å². The van der Waals surface area contributed by atoms with Crippen LogP contribution in [0, 0.1) is 0 Å². The molecule has 0 aliphatic carbocycles. The number of hydrogen-bond donors (Lipinski definition) is 0. The predicted octanol–water partition coefficient (Wildman–Crippen LogP) is 4.97. The fraction of sp³-hybridized carbons (Fsp3) is 0.222. The lowest BCUT2D eigenvalue weighted by Gasteiger charge is -2.36. The number of nitrogens with zero attached hydrogens (tertiary/aromatic N) is 5. The maximum Gasteiger partial charge on any atom is 0.416 e. The largest absolute Gasteiger partial charge is 0.416 e. The molecule has 6 nitrogen and oxygen atoms in total. The Morgan fingerprint density at radius 1 is 0.917 bits per heavy atom. The van der Waals surface area contributed by atoms with Gasteiger partial charge in [0.05, 0.1) is 17.7 Å². The molecule has 0 N–H and O–H groups in total. The quantitative estimate of drug-likeness (QED) is 0.396. The molecule has 36 heavy (non-hydrogen) atoms. The Labute approximate surface area is 206 Å². The molecule has 2 aromatic carbocycles. The summed E-state index contributed by atoms with van der Waals surface area (Å²) in [6, 6.07) is 18.8. The van der Waals surface area contributed by atoms with Crippen LogP contribution in [-0.4, -0.2) is 51.8 Å². The minimum atomic E-state index is -4.39. The van der Waals surface area contributed by atoms with Crippen molar-refractivity contribution in [2.24, 2.45) is 0 Å². The van der Waals surface area contributed by atoms with E-state index >= 15 is 0 Å². The summed E-state index contributed by atoms with van der Waals surface area (Å²) < 4.78 is 41.1. The Morgan fingerprint density at radius 3 is 2.39 bits per heavy atom. The molecular weight excluding hydrogens is 467 g/mol. The number of halogens is 3. The van der Waals surface area contributed by atoms with Crippen molar-refractivity contribution in [1.82, 2.24) is 19.7 Å². The Balaban J connectivity index is 1.35. The monoisotopic (exact) mass is 491 g/mol. The first-order valence-electron chi connectivity index (χ1n) is 11.6. The molecular formula is C27H24F3N5O. The van der Waals surface area contributed by atoms with E-state index in [4.69, 9.17) is 5.10 Å². The van der Waals surface area contributed by atoms with Gasteiger partial charge in [-0.15, -0.1) is 0 Å². The van der Waals surface area contributed by atoms with Gasteiger partial charge in [0.2, 0.25) is 0 Å². The third-order valence-electron chi connectivity index (χ3n) is 6.22. The molecule has 1 fully saturated rings. The summed E-state index contributed by atoms with van der Waals surface area (Å²) in [6.07, 6.45) is 0.712. The van der Waals surface area contributed by atoms with Crippen LogP contribution in [0.4, 0.5) is 18.9 Å². The number of amides is 1. The zero-order valence-electron chi connectivity index (χ0n) is 19.4. The molecule has 0 atom stereocenters. The molecule has 0 unspecified atom stereocenters. The summed E-state index contributed by atoms with van der Waals surface area (Å²) in [7, 11) is 0. The van der Waals surface area contributed by atoms with Gasteiger partial charge in [-0.1, -0.05) is 36.4 Å². The second kappa shape index (κ2) is 9.85. The van der Waals surface area contributed by atoms with E-state index in [0.717, 1.165) is 23.3 Å². The van der Waals surface area contributed by atoms with Gasteiger partial charge in [0, 0.05) is 56.0 Å². The van der Waals surface area contributed by atoms with Crippen molar-refractivity contribution >= 4 is 11.6 Å². The molecule has 1 aliphatic heterocycles. The van der Waals surface area contributed by atoms with E-state index in [0.29, 0.717) is 49.7 Å². The summed E-state index contributed by atoms with van der Waals surface area (Å²) in [5, 5.41) is 4.70. The maximum absolute atomic E-state index is 13.6. The highest BCUT2D eigenvalue weighted by Crippen LogP contribution is 2.32. The molecule has 3 heterocycles. The van der Waals surface area contributed by atoms with E-state index < -0.39 is 11.7 Å². The standard InChI is InChI=1S/C27H24F3N5O/c28-27(29,30)22-9-4-10-23(16-22)33-12-14-34(15-13-33)26(36)24-19-35(18-20-6-2-1-3-7-20)32-25(24)21-8-5-11-31-17-21/h1-11,16-17,19H,12-15,18H2. The fourth-order valence-corrected chi connectivity index (χ4v) is 4.36. The van der Waals surface area contributed by atoms with Gasteiger partial charge in [-0.2, -0.15) is 18.3 Å². The molecule has 0 radical (unpaired) electrons. The number of hydrogen-bond acceptors (Lipinski definition) is 4. The first-order chi connectivity index (χ1) is 17.4. The summed E-state index contributed by atoms with van der Waals surface area (Å²) in [4.78, 5) is 21.4. The third kappa shape index (κ3) is 5.10. The van der Waals surface area contributed by atoms with Crippen LogP contribution >= 0.6 is 0 Å². The highest BCUT2D eigenvalue weighted by atomic mass is 19.4. The molecule has 0 saturated carbocycles. The number of aromatic nitrogens is 3. The minimum Gasteiger partial charge on any atom is -0.368 e. The zero-order chi connectivity index (χ0) is 25.1. The lowest BCUT2D eigenvalue weighted by Crippen LogP contribution is -2.48. The minimum absolute atomic E-state index is 0.156. The molecule has 1 saturated heterocycles. The number of carbonyl (C=O) groups is 1. The van der Waals surface area contributed by atoms with E-state index in [1.807, 2.05) is 41.3 Å². The van der Waals surface area contributed by atoms with E-state index in [1.165, 1.54) is 6.07 Å². The van der Waals surface area contributed by atoms with Gasteiger partial charge >= 0.3 is 6.18 Å². The van der Waals surface area contributed by atoms with Crippen molar-refractivity contribution in [2.75, 3.05) is 31.1 Å². The number of alkyl halides is 3. The van der Waals surface area contributed by atoms with E-state index in [1.54, 1.807) is 40.3 Å². The Bertz CT molecular complexity index is 1330. The fourth-order valence-electron chi connectivity index (χ4n) is 4.36. The van der Waals surface area contributed by atoms with Crippen LogP contribution < -0.4 is 4.90 Å². The van der Waals surface area contributed by atoms with E-state index in [9.17, 15) is 18.0 Å². The van der Waals surface area contributed by atoms with Crippen molar-refractivity contribution in [3.63, 3.8) is 0 Å². The first-order valence-corrected chi connectivity index (χ1v) is 11.6. The second-order valence-electron chi connectivity index (χ2n) is 8.64. The summed E-state index contributed by atoms with van der Waals surface area (Å²) in [5.41, 5.74) is 2.67. The molecule has 1 aliphatic rings. The molecule has 9 heteroatoms. The van der Waals surface area contributed by atoms with Crippen LogP contribution in [0.1, 0.15) is 21.5 Å². The molecule has 0 spiro atoms. The van der Waals surface area contributed by atoms with Gasteiger partial charge < -0.3 is 9.80 Å². The Kier molecular flexibility index (Phi) is 6.45. The maximum atomic E-state index is 13.6.